The quantitative estimate of drug-likeness (QED) is 0.796. The van der Waals surface area contributed by atoms with E-state index in [4.69, 9.17) is 4.74 Å². The SMILES string of the molecule is COCCNC(=O)c1nc(C(=O)NC(C)(C)C)n2c1CCCC2. The zero-order chi connectivity index (χ0) is 17.0. The normalized spacial score (nSPS) is 14.3. The topological polar surface area (TPSA) is 85.2 Å². The van der Waals surface area contributed by atoms with Gasteiger partial charge in [0.15, 0.2) is 5.82 Å². The minimum absolute atomic E-state index is 0.239. The third kappa shape index (κ3) is 4.31. The van der Waals surface area contributed by atoms with Gasteiger partial charge in [-0.1, -0.05) is 0 Å². The minimum atomic E-state index is -0.348. The summed E-state index contributed by atoms with van der Waals surface area (Å²) in [5.74, 6) is -0.161. The fourth-order valence-electron chi connectivity index (χ4n) is 2.65. The third-order valence-corrected chi connectivity index (χ3v) is 3.62. The second-order valence-electron chi connectivity index (χ2n) is 6.79. The maximum atomic E-state index is 12.5. The first-order valence-corrected chi connectivity index (χ1v) is 8.02. The molecular formula is C16H26N4O3. The molecule has 2 amide bonds. The van der Waals surface area contributed by atoms with Crippen LogP contribution in [0.5, 0.6) is 0 Å². The molecule has 0 atom stereocenters. The Kier molecular flexibility index (Phi) is 5.41. The van der Waals surface area contributed by atoms with Crippen LogP contribution in [0.2, 0.25) is 0 Å². The van der Waals surface area contributed by atoms with Crippen LogP contribution in [0.25, 0.3) is 0 Å². The van der Waals surface area contributed by atoms with E-state index in [1.54, 1.807) is 7.11 Å². The smallest absolute Gasteiger partial charge is 0.287 e. The fourth-order valence-corrected chi connectivity index (χ4v) is 2.65. The Hall–Kier alpha value is -1.89. The van der Waals surface area contributed by atoms with Crippen molar-refractivity contribution in [1.82, 2.24) is 20.2 Å². The van der Waals surface area contributed by atoms with Gasteiger partial charge in [0.25, 0.3) is 11.8 Å². The number of rotatable bonds is 5. The van der Waals surface area contributed by atoms with Crippen molar-refractivity contribution in [1.29, 1.82) is 0 Å². The van der Waals surface area contributed by atoms with Crippen LogP contribution in [0.1, 0.15) is 60.4 Å². The van der Waals surface area contributed by atoms with Crippen LogP contribution in [-0.2, 0) is 17.7 Å². The molecule has 0 radical (unpaired) electrons. The summed E-state index contributed by atoms with van der Waals surface area (Å²) in [7, 11) is 1.58. The van der Waals surface area contributed by atoms with E-state index in [1.807, 2.05) is 25.3 Å². The Balaban J connectivity index is 2.27. The van der Waals surface area contributed by atoms with Gasteiger partial charge in [-0.15, -0.1) is 0 Å². The molecule has 7 heteroatoms. The second-order valence-corrected chi connectivity index (χ2v) is 6.79. The molecule has 0 aromatic carbocycles. The van der Waals surface area contributed by atoms with Crippen molar-refractivity contribution in [2.75, 3.05) is 20.3 Å². The van der Waals surface area contributed by atoms with Crippen LogP contribution in [-0.4, -0.2) is 47.2 Å². The molecule has 1 aliphatic heterocycles. The van der Waals surface area contributed by atoms with E-state index in [0.29, 0.717) is 24.7 Å². The molecule has 128 valence electrons. The van der Waals surface area contributed by atoms with Crippen molar-refractivity contribution in [3.8, 4) is 0 Å². The maximum Gasteiger partial charge on any atom is 0.287 e. The number of hydrogen-bond acceptors (Lipinski definition) is 4. The number of carbonyl (C=O) groups excluding carboxylic acids is 2. The third-order valence-electron chi connectivity index (χ3n) is 3.62. The molecular weight excluding hydrogens is 296 g/mol. The van der Waals surface area contributed by atoms with Gasteiger partial charge in [-0.05, 0) is 40.0 Å². The number of nitrogens with zero attached hydrogens (tertiary/aromatic N) is 2. The average molecular weight is 322 g/mol. The summed E-state index contributed by atoms with van der Waals surface area (Å²) < 4.78 is 6.82. The fraction of sp³-hybridized carbons (Fsp3) is 0.688. The van der Waals surface area contributed by atoms with Crippen molar-refractivity contribution >= 4 is 11.8 Å². The highest BCUT2D eigenvalue weighted by atomic mass is 16.5. The Labute approximate surface area is 136 Å². The van der Waals surface area contributed by atoms with Crippen molar-refractivity contribution in [3.63, 3.8) is 0 Å². The van der Waals surface area contributed by atoms with E-state index >= 15 is 0 Å². The van der Waals surface area contributed by atoms with Crippen LogP contribution < -0.4 is 10.6 Å². The van der Waals surface area contributed by atoms with Gasteiger partial charge in [-0.2, -0.15) is 0 Å². The van der Waals surface area contributed by atoms with E-state index in [9.17, 15) is 9.59 Å². The number of fused-ring (bicyclic) bond motifs is 1. The lowest BCUT2D eigenvalue weighted by molar-refractivity contribution is 0.0903. The number of ether oxygens (including phenoxy) is 1. The average Bonchev–Trinajstić information content (AvgIpc) is 2.85. The van der Waals surface area contributed by atoms with Crippen LogP contribution in [0.4, 0.5) is 0 Å². The van der Waals surface area contributed by atoms with Gasteiger partial charge in [-0.25, -0.2) is 4.98 Å². The molecule has 2 N–H and O–H groups in total. The predicted molar refractivity (Wildman–Crippen MR) is 86.6 cm³/mol. The molecule has 23 heavy (non-hydrogen) atoms. The number of nitrogens with one attached hydrogen (secondary N) is 2. The second kappa shape index (κ2) is 7.12. The van der Waals surface area contributed by atoms with Crippen molar-refractivity contribution in [2.24, 2.45) is 0 Å². The van der Waals surface area contributed by atoms with E-state index in [0.717, 1.165) is 31.5 Å². The minimum Gasteiger partial charge on any atom is -0.383 e. The van der Waals surface area contributed by atoms with Gasteiger partial charge in [0.05, 0.1) is 12.3 Å². The Morgan fingerprint density at radius 2 is 2.00 bits per heavy atom. The Morgan fingerprint density at radius 3 is 2.65 bits per heavy atom. The van der Waals surface area contributed by atoms with Gasteiger partial charge in [-0.3, -0.25) is 9.59 Å². The zero-order valence-electron chi connectivity index (χ0n) is 14.4. The van der Waals surface area contributed by atoms with Crippen molar-refractivity contribution in [3.05, 3.63) is 17.2 Å². The number of aromatic nitrogens is 2. The summed E-state index contributed by atoms with van der Waals surface area (Å²) in [4.78, 5) is 29.2. The van der Waals surface area contributed by atoms with Crippen LogP contribution in [0, 0.1) is 0 Å². The highest BCUT2D eigenvalue weighted by molar-refractivity contribution is 5.97. The molecule has 1 aliphatic rings. The lowest BCUT2D eigenvalue weighted by Gasteiger charge is -2.22. The molecule has 1 aromatic heterocycles. The molecule has 7 nitrogen and oxygen atoms in total. The molecule has 0 fully saturated rings. The van der Waals surface area contributed by atoms with E-state index < -0.39 is 0 Å². The lowest BCUT2D eigenvalue weighted by atomic mass is 10.1. The van der Waals surface area contributed by atoms with Crippen LogP contribution >= 0.6 is 0 Å². The highest BCUT2D eigenvalue weighted by Gasteiger charge is 2.28. The summed E-state index contributed by atoms with van der Waals surface area (Å²) in [6, 6.07) is 0. The van der Waals surface area contributed by atoms with Gasteiger partial charge >= 0.3 is 0 Å². The molecule has 2 heterocycles. The summed E-state index contributed by atoms with van der Waals surface area (Å²) in [6.07, 6.45) is 2.76. The number of methoxy groups -OCH3 is 1. The molecule has 0 bridgehead atoms. The summed E-state index contributed by atoms with van der Waals surface area (Å²) in [6.45, 7) is 7.35. The number of imidazole rings is 1. The molecule has 1 aromatic rings. The summed E-state index contributed by atoms with van der Waals surface area (Å²) >= 11 is 0. The highest BCUT2D eigenvalue weighted by Crippen LogP contribution is 2.21. The van der Waals surface area contributed by atoms with E-state index in [2.05, 4.69) is 15.6 Å². The standard InChI is InChI=1S/C16H26N4O3/c1-16(2,3)19-15(22)13-18-12(14(21)17-8-10-23-4)11-7-5-6-9-20(11)13/h5-10H2,1-4H3,(H,17,21)(H,19,22). The van der Waals surface area contributed by atoms with Crippen LogP contribution in [0.15, 0.2) is 0 Å². The maximum absolute atomic E-state index is 12.5. The molecule has 2 rings (SSSR count). The molecule has 0 aliphatic carbocycles. The first kappa shape index (κ1) is 17.5. The summed E-state index contributed by atoms with van der Waals surface area (Å²) in [5.41, 5.74) is 0.865. The Morgan fingerprint density at radius 1 is 1.26 bits per heavy atom. The first-order valence-electron chi connectivity index (χ1n) is 8.02. The largest absolute Gasteiger partial charge is 0.383 e. The molecule has 0 unspecified atom stereocenters. The van der Waals surface area contributed by atoms with Gasteiger partial charge in [0, 0.05) is 25.7 Å². The molecule has 0 saturated carbocycles. The molecule has 0 spiro atoms. The van der Waals surface area contributed by atoms with E-state index in [-0.39, 0.29) is 17.4 Å². The lowest BCUT2D eigenvalue weighted by Crippen LogP contribution is -2.42. The van der Waals surface area contributed by atoms with E-state index in [1.165, 1.54) is 0 Å². The number of amides is 2. The first-order chi connectivity index (χ1) is 10.8. The van der Waals surface area contributed by atoms with Crippen molar-refractivity contribution < 1.29 is 14.3 Å². The summed E-state index contributed by atoms with van der Waals surface area (Å²) in [5, 5.41) is 5.70. The van der Waals surface area contributed by atoms with Gasteiger partial charge in [0.2, 0.25) is 0 Å². The Bertz CT molecular complexity index is 587. The number of hydrogen-bond donors (Lipinski definition) is 2. The monoisotopic (exact) mass is 322 g/mol. The number of carbonyl (C=O) groups is 2. The van der Waals surface area contributed by atoms with Crippen LogP contribution in [0.3, 0.4) is 0 Å². The van der Waals surface area contributed by atoms with Gasteiger partial charge in [0.1, 0.15) is 5.69 Å². The predicted octanol–water partition coefficient (Wildman–Crippen LogP) is 1.12. The van der Waals surface area contributed by atoms with Crippen molar-refractivity contribution in [2.45, 2.75) is 52.1 Å². The van der Waals surface area contributed by atoms with Gasteiger partial charge < -0.3 is 19.9 Å². The zero-order valence-corrected chi connectivity index (χ0v) is 14.4. The molecule has 0 saturated heterocycles.